The smallest absolute Gasteiger partial charge is 0.251 e. The van der Waals surface area contributed by atoms with Gasteiger partial charge in [0.2, 0.25) is 20.0 Å². The van der Waals surface area contributed by atoms with Crippen molar-refractivity contribution >= 4 is 26.0 Å². The number of hydrogen-bond acceptors (Lipinski definition) is 6. The van der Waals surface area contributed by atoms with E-state index in [2.05, 4.69) is 5.32 Å². The molecule has 0 unspecified atom stereocenters. The van der Waals surface area contributed by atoms with Crippen LogP contribution in [-0.4, -0.2) is 70.7 Å². The average Bonchev–Trinajstić information content (AvgIpc) is 3.44. The van der Waals surface area contributed by atoms with E-state index < -0.39 is 26.0 Å². The van der Waals surface area contributed by atoms with Crippen LogP contribution in [0.4, 0.5) is 0 Å². The fourth-order valence-corrected chi connectivity index (χ4v) is 7.35. The van der Waals surface area contributed by atoms with Crippen molar-refractivity contribution in [1.29, 1.82) is 0 Å². The van der Waals surface area contributed by atoms with Gasteiger partial charge in [0.25, 0.3) is 5.91 Å². The maximum atomic E-state index is 12.9. The number of carbonyl (C=O) groups excluding carboxylic acids is 1. The van der Waals surface area contributed by atoms with E-state index in [0.717, 1.165) is 32.1 Å². The van der Waals surface area contributed by atoms with Crippen LogP contribution in [0.5, 0.6) is 5.75 Å². The Kier molecular flexibility index (Phi) is 8.10. The number of carbonyl (C=O) groups is 1. The Hall–Kier alpha value is -2.47. The maximum Gasteiger partial charge on any atom is 0.251 e. The van der Waals surface area contributed by atoms with Crippen LogP contribution in [0.15, 0.2) is 58.3 Å². The zero-order chi connectivity index (χ0) is 24.9. The van der Waals surface area contributed by atoms with Gasteiger partial charge in [0.05, 0.1) is 16.3 Å². The van der Waals surface area contributed by atoms with Crippen molar-refractivity contribution < 1.29 is 26.4 Å². The molecule has 4 rings (SSSR count). The molecule has 0 saturated carbocycles. The second-order valence-electron chi connectivity index (χ2n) is 8.68. The van der Waals surface area contributed by atoms with Crippen molar-refractivity contribution in [1.82, 2.24) is 13.9 Å². The minimum atomic E-state index is -3.62. The number of piperidine rings is 1. The fourth-order valence-electron chi connectivity index (χ4n) is 4.27. The highest BCUT2D eigenvalue weighted by Crippen LogP contribution is 2.23. The quantitative estimate of drug-likeness (QED) is 0.507. The van der Waals surface area contributed by atoms with Gasteiger partial charge in [-0.15, -0.1) is 0 Å². The summed E-state index contributed by atoms with van der Waals surface area (Å²) in [4.78, 5) is 12.9. The SMILES string of the molecule is O=C(NCCOc1ccc(S(=O)(=O)N2CCCC2)cc1)c1cccc(S(=O)(=O)N2CCCCC2)c1. The molecule has 2 aliphatic rings. The average molecular weight is 522 g/mol. The van der Waals surface area contributed by atoms with Gasteiger partial charge < -0.3 is 10.1 Å². The first-order chi connectivity index (χ1) is 16.8. The van der Waals surface area contributed by atoms with E-state index in [1.54, 1.807) is 24.3 Å². The van der Waals surface area contributed by atoms with Gasteiger partial charge in [0.15, 0.2) is 0 Å². The highest BCUT2D eigenvalue weighted by molar-refractivity contribution is 7.89. The minimum Gasteiger partial charge on any atom is -0.492 e. The number of nitrogens with zero attached hydrogens (tertiary/aromatic N) is 2. The molecule has 0 aliphatic carbocycles. The second kappa shape index (κ2) is 11.1. The highest BCUT2D eigenvalue weighted by atomic mass is 32.2. The molecule has 0 aromatic heterocycles. The number of nitrogens with one attached hydrogen (secondary N) is 1. The lowest BCUT2D eigenvalue weighted by molar-refractivity contribution is 0.0946. The first-order valence-corrected chi connectivity index (χ1v) is 14.8. The summed E-state index contributed by atoms with van der Waals surface area (Å²) in [6, 6.07) is 12.3. The largest absolute Gasteiger partial charge is 0.492 e. The van der Waals surface area contributed by atoms with Crippen LogP contribution in [0.25, 0.3) is 0 Å². The Bertz CT molecular complexity index is 1230. The first-order valence-electron chi connectivity index (χ1n) is 11.9. The van der Waals surface area contributed by atoms with Crippen LogP contribution in [0.3, 0.4) is 0 Å². The van der Waals surface area contributed by atoms with E-state index in [4.69, 9.17) is 4.74 Å². The number of benzene rings is 2. The van der Waals surface area contributed by atoms with Gasteiger partial charge >= 0.3 is 0 Å². The van der Waals surface area contributed by atoms with Gasteiger partial charge in [-0.2, -0.15) is 8.61 Å². The molecule has 0 spiro atoms. The third-order valence-corrected chi connectivity index (χ3v) is 10.0. The lowest BCUT2D eigenvalue weighted by Crippen LogP contribution is -2.35. The molecule has 2 fully saturated rings. The summed E-state index contributed by atoms with van der Waals surface area (Å²) < 4.78 is 59.5. The predicted molar refractivity (Wildman–Crippen MR) is 131 cm³/mol. The molecule has 2 heterocycles. The zero-order valence-electron chi connectivity index (χ0n) is 19.6. The van der Waals surface area contributed by atoms with Gasteiger partial charge in [0.1, 0.15) is 12.4 Å². The zero-order valence-corrected chi connectivity index (χ0v) is 21.2. The number of sulfonamides is 2. The molecule has 0 radical (unpaired) electrons. The lowest BCUT2D eigenvalue weighted by Gasteiger charge is -2.26. The second-order valence-corrected chi connectivity index (χ2v) is 12.6. The molecule has 2 aliphatic heterocycles. The summed E-state index contributed by atoms with van der Waals surface area (Å²) in [6.45, 7) is 2.48. The third-order valence-electron chi connectivity index (χ3n) is 6.23. The molecule has 190 valence electrons. The number of rotatable bonds is 9. The molecule has 2 saturated heterocycles. The van der Waals surface area contributed by atoms with Crippen LogP contribution in [-0.2, 0) is 20.0 Å². The normalized spacial score (nSPS) is 17.8. The van der Waals surface area contributed by atoms with E-state index in [-0.39, 0.29) is 28.5 Å². The minimum absolute atomic E-state index is 0.118. The van der Waals surface area contributed by atoms with E-state index in [0.29, 0.717) is 31.9 Å². The predicted octanol–water partition coefficient (Wildman–Crippen LogP) is 2.45. The Balaban J connectivity index is 1.28. The summed E-state index contributed by atoms with van der Waals surface area (Å²) in [5, 5.41) is 2.73. The Morgan fingerprint density at radius 2 is 1.34 bits per heavy atom. The first kappa shape index (κ1) is 25.6. The van der Waals surface area contributed by atoms with Crippen LogP contribution in [0, 0.1) is 0 Å². The monoisotopic (exact) mass is 521 g/mol. The van der Waals surface area contributed by atoms with E-state index in [1.165, 1.54) is 32.9 Å². The van der Waals surface area contributed by atoms with Crippen LogP contribution < -0.4 is 10.1 Å². The summed E-state index contributed by atoms with van der Waals surface area (Å²) >= 11 is 0. The molecule has 0 bridgehead atoms. The van der Waals surface area contributed by atoms with Crippen LogP contribution in [0.2, 0.25) is 0 Å². The van der Waals surface area contributed by atoms with E-state index in [1.807, 2.05) is 0 Å². The number of hydrogen-bond donors (Lipinski definition) is 1. The lowest BCUT2D eigenvalue weighted by atomic mass is 10.2. The highest BCUT2D eigenvalue weighted by Gasteiger charge is 2.27. The Morgan fingerprint density at radius 3 is 1.97 bits per heavy atom. The summed E-state index contributed by atoms with van der Waals surface area (Å²) in [6.07, 6.45) is 4.47. The Labute approximate surface area is 207 Å². The van der Waals surface area contributed by atoms with Gasteiger partial charge in [-0.25, -0.2) is 16.8 Å². The molecule has 35 heavy (non-hydrogen) atoms. The summed E-state index contributed by atoms with van der Waals surface area (Å²) in [5.74, 6) is 0.102. The van der Waals surface area contributed by atoms with Crippen molar-refractivity contribution in [2.45, 2.75) is 41.9 Å². The van der Waals surface area contributed by atoms with Crippen molar-refractivity contribution in [3.63, 3.8) is 0 Å². The van der Waals surface area contributed by atoms with Gasteiger partial charge in [-0.05, 0) is 68.1 Å². The maximum absolute atomic E-state index is 12.9. The molecule has 9 nitrogen and oxygen atoms in total. The third kappa shape index (κ3) is 6.03. The number of ether oxygens (including phenoxy) is 1. The topological polar surface area (TPSA) is 113 Å². The Morgan fingerprint density at radius 1 is 0.771 bits per heavy atom. The fraction of sp³-hybridized carbons (Fsp3) is 0.458. The van der Waals surface area contributed by atoms with Gasteiger partial charge in [0, 0.05) is 31.7 Å². The molecular formula is C24H31N3O6S2. The van der Waals surface area contributed by atoms with Gasteiger partial charge in [-0.3, -0.25) is 4.79 Å². The van der Waals surface area contributed by atoms with E-state index in [9.17, 15) is 21.6 Å². The van der Waals surface area contributed by atoms with E-state index >= 15 is 0 Å². The summed E-state index contributed by atoms with van der Waals surface area (Å²) in [5.41, 5.74) is 0.263. The number of amides is 1. The summed E-state index contributed by atoms with van der Waals surface area (Å²) in [7, 11) is -7.09. The van der Waals surface area contributed by atoms with Crippen molar-refractivity contribution in [2.24, 2.45) is 0 Å². The standard InChI is InChI=1S/C24H31N3O6S2/c28-24(20-7-6-8-23(19-20)35(31,32)27-14-2-1-3-15-27)25-13-18-33-21-9-11-22(12-10-21)34(29,30)26-16-4-5-17-26/h6-12,19H,1-5,13-18H2,(H,25,28). The molecule has 1 N–H and O–H groups in total. The van der Waals surface area contributed by atoms with Crippen LogP contribution in [0.1, 0.15) is 42.5 Å². The molecular weight excluding hydrogens is 490 g/mol. The van der Waals surface area contributed by atoms with Gasteiger partial charge in [-0.1, -0.05) is 12.5 Å². The van der Waals surface area contributed by atoms with Crippen LogP contribution >= 0.6 is 0 Å². The molecule has 2 aromatic rings. The molecule has 1 amide bonds. The molecule has 2 aromatic carbocycles. The van der Waals surface area contributed by atoms with Crippen molar-refractivity contribution in [2.75, 3.05) is 39.3 Å². The van der Waals surface area contributed by atoms with Crippen molar-refractivity contribution in [3.05, 3.63) is 54.1 Å². The molecule has 0 atom stereocenters. The van der Waals surface area contributed by atoms with Crippen molar-refractivity contribution in [3.8, 4) is 5.75 Å². The molecule has 11 heteroatoms.